The summed E-state index contributed by atoms with van der Waals surface area (Å²) in [6, 6.07) is 0. The predicted octanol–water partition coefficient (Wildman–Crippen LogP) is 5.76. The van der Waals surface area contributed by atoms with E-state index in [0.29, 0.717) is 0 Å². The van der Waals surface area contributed by atoms with Crippen molar-refractivity contribution in [3.63, 3.8) is 0 Å². The zero-order chi connectivity index (χ0) is 16.8. The van der Waals surface area contributed by atoms with Crippen molar-refractivity contribution >= 4 is 7.28 Å². The summed E-state index contributed by atoms with van der Waals surface area (Å²) in [5.41, 5.74) is 0. The SMILES string of the molecule is CCCCCCCCCCP(O)(O)(O)CCCCCCCC. The molecule has 0 bridgehead atoms. The Morgan fingerprint density at radius 1 is 0.455 bits per heavy atom. The first-order valence-corrected chi connectivity index (χ1v) is 12.1. The van der Waals surface area contributed by atoms with Crippen LogP contribution in [0.15, 0.2) is 0 Å². The molecule has 0 rings (SSSR count). The van der Waals surface area contributed by atoms with E-state index in [-0.39, 0.29) is 12.3 Å². The molecule has 136 valence electrons. The topological polar surface area (TPSA) is 60.7 Å². The van der Waals surface area contributed by atoms with Crippen molar-refractivity contribution < 1.29 is 14.7 Å². The van der Waals surface area contributed by atoms with Gasteiger partial charge in [0.25, 0.3) is 0 Å². The van der Waals surface area contributed by atoms with E-state index in [9.17, 15) is 14.7 Å². The van der Waals surface area contributed by atoms with E-state index in [2.05, 4.69) is 13.8 Å². The molecule has 0 spiro atoms. The Labute approximate surface area is 138 Å². The van der Waals surface area contributed by atoms with Gasteiger partial charge in [-0.25, -0.2) is 0 Å². The molecule has 0 atom stereocenters. The van der Waals surface area contributed by atoms with Crippen LogP contribution < -0.4 is 0 Å². The summed E-state index contributed by atoms with van der Waals surface area (Å²) in [7, 11) is -4.32. The quantitative estimate of drug-likeness (QED) is 0.248. The van der Waals surface area contributed by atoms with Crippen molar-refractivity contribution in [2.24, 2.45) is 0 Å². The average Bonchev–Trinajstić information content (AvgIpc) is 2.45. The molecule has 0 amide bonds. The van der Waals surface area contributed by atoms with Gasteiger partial charge in [-0.3, -0.25) is 0 Å². The Balaban J connectivity index is 3.59. The van der Waals surface area contributed by atoms with Crippen molar-refractivity contribution in [2.45, 2.75) is 104 Å². The van der Waals surface area contributed by atoms with Crippen molar-refractivity contribution in [1.82, 2.24) is 0 Å². The Bertz CT molecular complexity index is 248. The second kappa shape index (κ2) is 12.7. The number of rotatable bonds is 16. The van der Waals surface area contributed by atoms with Gasteiger partial charge in [0, 0.05) is 0 Å². The van der Waals surface area contributed by atoms with Crippen LogP contribution in [0.5, 0.6) is 0 Å². The molecule has 0 aromatic heterocycles. The molecule has 0 aromatic rings. The van der Waals surface area contributed by atoms with Crippen LogP contribution in [-0.4, -0.2) is 27.0 Å². The zero-order valence-corrected chi connectivity index (χ0v) is 16.0. The summed E-state index contributed by atoms with van der Waals surface area (Å²) in [6.45, 7) is 4.41. The molecule has 3 nitrogen and oxygen atoms in total. The number of hydrogen-bond donors (Lipinski definition) is 3. The zero-order valence-electron chi connectivity index (χ0n) is 15.1. The molecular weight excluding hydrogens is 295 g/mol. The first-order valence-electron chi connectivity index (χ1n) is 9.65. The molecule has 0 radical (unpaired) electrons. The second-order valence-corrected chi connectivity index (χ2v) is 10.6. The van der Waals surface area contributed by atoms with Gasteiger partial charge in [-0.15, -0.1) is 0 Å². The fourth-order valence-electron chi connectivity index (χ4n) is 2.90. The maximum absolute atomic E-state index is 10.1. The summed E-state index contributed by atoms with van der Waals surface area (Å²) in [4.78, 5) is 30.3. The third-order valence-corrected chi connectivity index (χ3v) is 6.90. The van der Waals surface area contributed by atoms with Crippen molar-refractivity contribution in [3.8, 4) is 0 Å². The number of unbranched alkanes of at least 4 members (excludes halogenated alkanes) is 12. The fourth-order valence-corrected chi connectivity index (χ4v) is 4.86. The van der Waals surface area contributed by atoms with E-state index in [1.807, 2.05) is 0 Å². The Hall–Kier alpha value is 0.310. The van der Waals surface area contributed by atoms with Crippen LogP contribution in [0.1, 0.15) is 104 Å². The normalized spacial score (nSPS) is 14.0. The predicted molar refractivity (Wildman–Crippen MR) is 99.3 cm³/mol. The molecule has 0 aromatic carbocycles. The second-order valence-electron chi connectivity index (χ2n) is 7.03. The van der Waals surface area contributed by atoms with E-state index >= 15 is 0 Å². The third kappa shape index (κ3) is 15.2. The first-order chi connectivity index (χ1) is 10.4. The summed E-state index contributed by atoms with van der Waals surface area (Å²) < 4.78 is 0. The van der Waals surface area contributed by atoms with E-state index in [0.717, 1.165) is 38.5 Å². The molecule has 22 heavy (non-hydrogen) atoms. The van der Waals surface area contributed by atoms with Crippen LogP contribution in [0, 0.1) is 0 Å². The molecule has 0 fully saturated rings. The van der Waals surface area contributed by atoms with Crippen LogP contribution in [-0.2, 0) is 0 Å². The van der Waals surface area contributed by atoms with E-state index in [4.69, 9.17) is 0 Å². The van der Waals surface area contributed by atoms with Crippen molar-refractivity contribution in [1.29, 1.82) is 0 Å². The molecule has 3 N–H and O–H groups in total. The molecule has 0 aliphatic rings. The van der Waals surface area contributed by atoms with Gasteiger partial charge < -0.3 is 0 Å². The van der Waals surface area contributed by atoms with Crippen LogP contribution in [0.3, 0.4) is 0 Å². The molecule has 4 heteroatoms. The monoisotopic (exact) mass is 336 g/mol. The molecule has 0 aliphatic carbocycles. The number of hydrogen-bond acceptors (Lipinski definition) is 3. The van der Waals surface area contributed by atoms with Gasteiger partial charge in [-0.1, -0.05) is 0 Å². The van der Waals surface area contributed by atoms with Crippen LogP contribution in [0.2, 0.25) is 0 Å². The van der Waals surface area contributed by atoms with Crippen LogP contribution >= 0.6 is 7.28 Å². The van der Waals surface area contributed by atoms with Gasteiger partial charge >= 0.3 is 138 Å². The van der Waals surface area contributed by atoms with Gasteiger partial charge in [0.1, 0.15) is 0 Å². The molecule has 0 aliphatic heterocycles. The van der Waals surface area contributed by atoms with Gasteiger partial charge in [0.05, 0.1) is 0 Å². The van der Waals surface area contributed by atoms with Gasteiger partial charge in [-0.05, 0) is 0 Å². The Kier molecular flexibility index (Phi) is 12.9. The molecule has 0 saturated carbocycles. The molecule has 0 saturated heterocycles. The van der Waals surface area contributed by atoms with Crippen molar-refractivity contribution in [2.75, 3.05) is 12.3 Å². The van der Waals surface area contributed by atoms with E-state index < -0.39 is 7.28 Å². The van der Waals surface area contributed by atoms with E-state index in [1.165, 1.54) is 51.4 Å². The minimum atomic E-state index is -4.32. The summed E-state index contributed by atoms with van der Waals surface area (Å²) in [5, 5.41) is 0. The Morgan fingerprint density at radius 3 is 1.05 bits per heavy atom. The standard InChI is InChI=1S/C18H41O3P/c1-3-5-7-9-11-12-14-16-18-22(19,20,21)17-15-13-10-8-6-4-2/h19-21H,3-18H2,1-2H3. The summed E-state index contributed by atoms with van der Waals surface area (Å²) >= 11 is 0. The average molecular weight is 336 g/mol. The van der Waals surface area contributed by atoms with Gasteiger partial charge in [0.2, 0.25) is 0 Å². The molecular formula is C18H41O3P. The van der Waals surface area contributed by atoms with Crippen molar-refractivity contribution in [3.05, 3.63) is 0 Å². The van der Waals surface area contributed by atoms with Gasteiger partial charge in [0.15, 0.2) is 0 Å². The van der Waals surface area contributed by atoms with Crippen LogP contribution in [0.4, 0.5) is 0 Å². The fraction of sp³-hybridized carbons (Fsp3) is 1.00. The minimum absolute atomic E-state index is 0.203. The summed E-state index contributed by atoms with van der Waals surface area (Å²) in [6.07, 6.45) is 16.3. The molecule has 0 unspecified atom stereocenters. The third-order valence-electron chi connectivity index (χ3n) is 4.44. The van der Waals surface area contributed by atoms with E-state index in [1.54, 1.807) is 0 Å². The maximum atomic E-state index is 10.1. The first kappa shape index (κ1) is 22.3. The Morgan fingerprint density at radius 2 is 0.727 bits per heavy atom. The van der Waals surface area contributed by atoms with Gasteiger partial charge in [-0.2, -0.15) is 0 Å². The summed E-state index contributed by atoms with van der Waals surface area (Å²) in [5.74, 6) is 0. The van der Waals surface area contributed by atoms with Crippen LogP contribution in [0.25, 0.3) is 0 Å². The molecule has 0 heterocycles.